The third kappa shape index (κ3) is 4.90. The molecule has 2 heterocycles. The van der Waals surface area contributed by atoms with Crippen molar-refractivity contribution in [2.45, 2.75) is 19.0 Å². The maximum atomic E-state index is 12.6. The Morgan fingerprint density at radius 1 is 1.06 bits per heavy atom. The number of thioether (sulfide) groups is 1. The van der Waals surface area contributed by atoms with Gasteiger partial charge in [0.2, 0.25) is 5.91 Å². The molecule has 0 spiro atoms. The number of hydrogen-bond acceptors (Lipinski definition) is 7. The van der Waals surface area contributed by atoms with E-state index in [0.29, 0.717) is 11.0 Å². The number of para-hydroxylation sites is 2. The van der Waals surface area contributed by atoms with Gasteiger partial charge in [-0.15, -0.1) is 10.2 Å². The number of nitrogens with zero attached hydrogens (tertiary/aromatic N) is 5. The molecule has 0 aliphatic carbocycles. The molecule has 2 aromatic carbocycles. The Morgan fingerprint density at radius 3 is 2.55 bits per heavy atom. The summed E-state index contributed by atoms with van der Waals surface area (Å²) >= 11 is 1.20. The summed E-state index contributed by atoms with van der Waals surface area (Å²) in [5.41, 5.74) is 3.99. The van der Waals surface area contributed by atoms with Crippen LogP contribution in [0.2, 0.25) is 0 Å². The first-order chi connectivity index (χ1) is 15.9. The SMILES string of the molecule is Cc1ccc(-n2c(SCC(=O)Nc3ccccc3[N+](=O)[O-])nnc2-c2ccncc2)cc1C. The van der Waals surface area contributed by atoms with Crippen LogP contribution in [0.15, 0.2) is 72.1 Å². The fourth-order valence-corrected chi connectivity index (χ4v) is 3.96. The van der Waals surface area contributed by atoms with Crippen molar-refractivity contribution in [1.29, 1.82) is 0 Å². The fourth-order valence-electron chi connectivity index (χ4n) is 3.20. The average molecular weight is 461 g/mol. The standard InChI is InChI=1S/C23H20N6O3S/c1-15-7-8-18(13-16(15)2)28-22(17-9-11-24-12-10-17)26-27-23(28)33-14-21(30)25-19-5-3-4-6-20(19)29(31)32/h3-13H,14H2,1-2H3,(H,25,30). The minimum atomic E-state index is -0.528. The molecule has 9 nitrogen and oxygen atoms in total. The van der Waals surface area contributed by atoms with Crippen LogP contribution in [0.1, 0.15) is 11.1 Å². The van der Waals surface area contributed by atoms with Gasteiger partial charge in [-0.2, -0.15) is 0 Å². The predicted molar refractivity (Wildman–Crippen MR) is 127 cm³/mol. The topological polar surface area (TPSA) is 116 Å². The van der Waals surface area contributed by atoms with Gasteiger partial charge in [0.05, 0.1) is 16.4 Å². The van der Waals surface area contributed by atoms with Gasteiger partial charge in [-0.1, -0.05) is 30.0 Å². The van der Waals surface area contributed by atoms with Crippen molar-refractivity contribution in [2.75, 3.05) is 11.1 Å². The monoisotopic (exact) mass is 460 g/mol. The number of benzene rings is 2. The number of carbonyl (C=O) groups excluding carboxylic acids is 1. The summed E-state index contributed by atoms with van der Waals surface area (Å²) in [7, 11) is 0. The van der Waals surface area contributed by atoms with E-state index in [1.807, 2.05) is 48.7 Å². The van der Waals surface area contributed by atoms with Crippen molar-refractivity contribution in [1.82, 2.24) is 19.7 Å². The second-order valence-corrected chi connectivity index (χ2v) is 8.20. The minimum absolute atomic E-state index is 0.00533. The lowest BCUT2D eigenvalue weighted by Crippen LogP contribution is -2.15. The third-order valence-corrected chi connectivity index (χ3v) is 5.96. The van der Waals surface area contributed by atoms with Crippen LogP contribution in [0, 0.1) is 24.0 Å². The normalized spacial score (nSPS) is 10.7. The number of nitrogens with one attached hydrogen (secondary N) is 1. The second kappa shape index (κ2) is 9.61. The third-order valence-electron chi connectivity index (χ3n) is 5.03. The van der Waals surface area contributed by atoms with E-state index in [1.165, 1.54) is 23.9 Å². The number of pyridine rings is 1. The molecule has 0 unspecified atom stereocenters. The van der Waals surface area contributed by atoms with Crippen LogP contribution in [0.5, 0.6) is 0 Å². The highest BCUT2D eigenvalue weighted by atomic mass is 32.2. The Bertz CT molecular complexity index is 1320. The zero-order chi connectivity index (χ0) is 23.4. The van der Waals surface area contributed by atoms with Gasteiger partial charge >= 0.3 is 0 Å². The van der Waals surface area contributed by atoms with Crippen LogP contribution in [0.3, 0.4) is 0 Å². The molecule has 1 amide bonds. The van der Waals surface area contributed by atoms with Crippen molar-refractivity contribution in [3.63, 3.8) is 0 Å². The Hall–Kier alpha value is -4.05. The second-order valence-electron chi connectivity index (χ2n) is 7.26. The van der Waals surface area contributed by atoms with Crippen molar-refractivity contribution in [3.05, 3.63) is 88.2 Å². The number of nitro benzene ring substituents is 1. The summed E-state index contributed by atoms with van der Waals surface area (Å²) in [4.78, 5) is 27.3. The Balaban J connectivity index is 1.62. The summed E-state index contributed by atoms with van der Waals surface area (Å²) in [6.45, 7) is 4.07. The highest BCUT2D eigenvalue weighted by molar-refractivity contribution is 7.99. The fraction of sp³-hybridized carbons (Fsp3) is 0.130. The molecular weight excluding hydrogens is 440 g/mol. The molecule has 2 aromatic heterocycles. The predicted octanol–water partition coefficient (Wildman–Crippen LogP) is 4.59. The zero-order valence-corrected chi connectivity index (χ0v) is 18.7. The summed E-state index contributed by atoms with van der Waals surface area (Å²) < 4.78 is 1.89. The molecule has 1 N–H and O–H groups in total. The smallest absolute Gasteiger partial charge is 0.292 e. The molecule has 4 rings (SSSR count). The lowest BCUT2D eigenvalue weighted by molar-refractivity contribution is -0.383. The maximum absolute atomic E-state index is 12.6. The molecule has 0 saturated carbocycles. The van der Waals surface area contributed by atoms with Gasteiger partial charge in [0.15, 0.2) is 11.0 Å². The van der Waals surface area contributed by atoms with Crippen molar-refractivity contribution in [3.8, 4) is 17.1 Å². The summed E-state index contributed by atoms with van der Waals surface area (Å²) in [5.74, 6) is 0.252. The molecule has 0 aliphatic rings. The van der Waals surface area contributed by atoms with Gasteiger partial charge in [0.25, 0.3) is 5.69 Å². The Morgan fingerprint density at radius 2 is 1.82 bits per heavy atom. The quantitative estimate of drug-likeness (QED) is 0.244. The number of amides is 1. The largest absolute Gasteiger partial charge is 0.320 e. The van der Waals surface area contributed by atoms with E-state index in [9.17, 15) is 14.9 Å². The van der Waals surface area contributed by atoms with E-state index in [0.717, 1.165) is 22.4 Å². The van der Waals surface area contributed by atoms with E-state index in [1.54, 1.807) is 24.5 Å². The molecule has 10 heteroatoms. The van der Waals surface area contributed by atoms with Crippen LogP contribution in [-0.4, -0.2) is 36.3 Å². The molecule has 166 valence electrons. The van der Waals surface area contributed by atoms with Gasteiger partial charge < -0.3 is 5.32 Å². The van der Waals surface area contributed by atoms with Crippen molar-refractivity contribution >= 4 is 29.0 Å². The molecule has 0 saturated heterocycles. The first kappa shape index (κ1) is 22.2. The van der Waals surface area contributed by atoms with Crippen LogP contribution in [0.4, 0.5) is 11.4 Å². The molecule has 4 aromatic rings. The van der Waals surface area contributed by atoms with Crippen molar-refractivity contribution in [2.24, 2.45) is 0 Å². The average Bonchev–Trinajstić information content (AvgIpc) is 3.24. The Kier molecular flexibility index (Phi) is 6.45. The number of carbonyl (C=O) groups is 1. The van der Waals surface area contributed by atoms with Crippen molar-refractivity contribution < 1.29 is 9.72 Å². The highest BCUT2D eigenvalue weighted by Gasteiger charge is 2.19. The van der Waals surface area contributed by atoms with Gasteiger partial charge in [-0.3, -0.25) is 24.5 Å². The summed E-state index contributed by atoms with van der Waals surface area (Å²) in [6.07, 6.45) is 3.36. The van der Waals surface area contributed by atoms with Crippen LogP contribution >= 0.6 is 11.8 Å². The zero-order valence-electron chi connectivity index (χ0n) is 17.9. The Labute approximate surface area is 194 Å². The van der Waals surface area contributed by atoms with E-state index in [-0.39, 0.29) is 23.0 Å². The van der Waals surface area contributed by atoms with Crippen LogP contribution in [-0.2, 0) is 4.79 Å². The first-order valence-electron chi connectivity index (χ1n) is 10.0. The van der Waals surface area contributed by atoms with Gasteiger partial charge in [-0.05, 0) is 55.3 Å². The number of aromatic nitrogens is 4. The summed E-state index contributed by atoms with van der Waals surface area (Å²) in [6, 6.07) is 15.8. The molecule has 0 atom stereocenters. The highest BCUT2D eigenvalue weighted by Crippen LogP contribution is 2.29. The van der Waals surface area contributed by atoms with E-state index >= 15 is 0 Å². The number of rotatable bonds is 7. The number of nitro groups is 1. The van der Waals surface area contributed by atoms with Crippen LogP contribution < -0.4 is 5.32 Å². The summed E-state index contributed by atoms with van der Waals surface area (Å²) in [5, 5.41) is 23.0. The minimum Gasteiger partial charge on any atom is -0.320 e. The van der Waals surface area contributed by atoms with E-state index in [4.69, 9.17) is 0 Å². The number of aryl methyl sites for hydroxylation is 2. The van der Waals surface area contributed by atoms with Gasteiger partial charge in [0.1, 0.15) is 5.69 Å². The molecule has 0 radical (unpaired) electrons. The molecule has 0 bridgehead atoms. The lowest BCUT2D eigenvalue weighted by atomic mass is 10.1. The molecular formula is C23H20N6O3S. The van der Waals surface area contributed by atoms with E-state index < -0.39 is 4.92 Å². The van der Waals surface area contributed by atoms with Crippen LogP contribution in [0.25, 0.3) is 17.1 Å². The molecule has 0 fully saturated rings. The van der Waals surface area contributed by atoms with Gasteiger partial charge in [-0.25, -0.2) is 0 Å². The maximum Gasteiger partial charge on any atom is 0.292 e. The van der Waals surface area contributed by atoms with Gasteiger partial charge in [0, 0.05) is 24.0 Å². The molecule has 0 aliphatic heterocycles. The first-order valence-corrected chi connectivity index (χ1v) is 11.0. The number of hydrogen-bond donors (Lipinski definition) is 1. The lowest BCUT2D eigenvalue weighted by Gasteiger charge is -2.12. The molecule has 33 heavy (non-hydrogen) atoms. The van der Waals surface area contributed by atoms with E-state index in [2.05, 4.69) is 20.5 Å². The number of anilines is 1.